The van der Waals surface area contributed by atoms with E-state index in [9.17, 15) is 19.8 Å². The second-order valence-electron chi connectivity index (χ2n) is 7.50. The van der Waals surface area contributed by atoms with Crippen LogP contribution in [0.25, 0.3) is 0 Å². The first kappa shape index (κ1) is 18.9. The van der Waals surface area contributed by atoms with Gasteiger partial charge >= 0.3 is 11.9 Å². The summed E-state index contributed by atoms with van der Waals surface area (Å²) >= 11 is 0. The van der Waals surface area contributed by atoms with Crippen LogP contribution in [0.1, 0.15) is 53.4 Å². The Kier molecular flexibility index (Phi) is 5.26. The Morgan fingerprint density at radius 2 is 1.55 bits per heavy atom. The van der Waals surface area contributed by atoms with Crippen molar-refractivity contribution >= 4 is 11.9 Å². The van der Waals surface area contributed by atoms with Crippen molar-refractivity contribution in [2.45, 2.75) is 76.1 Å². The lowest BCUT2D eigenvalue weighted by molar-refractivity contribution is -0.179. The van der Waals surface area contributed by atoms with Crippen LogP contribution in [0.2, 0.25) is 0 Å². The SMILES string of the molecule is CC1(C)CC(O)(CCO)CC(C)(C)N1C(CC(=O)O)C(=O)O. The first-order chi connectivity index (χ1) is 9.84. The number of piperidine rings is 1. The lowest BCUT2D eigenvalue weighted by Gasteiger charge is -2.59. The average molecular weight is 317 g/mol. The fourth-order valence-electron chi connectivity index (χ4n) is 4.35. The van der Waals surface area contributed by atoms with Crippen LogP contribution in [0.15, 0.2) is 0 Å². The molecule has 0 spiro atoms. The first-order valence-electron chi connectivity index (χ1n) is 7.42. The smallest absolute Gasteiger partial charge is 0.321 e. The summed E-state index contributed by atoms with van der Waals surface area (Å²) < 4.78 is 0. The zero-order valence-corrected chi connectivity index (χ0v) is 13.7. The molecule has 0 aromatic heterocycles. The number of nitrogens with zero attached hydrogens (tertiary/aromatic N) is 1. The molecule has 1 atom stereocenters. The van der Waals surface area contributed by atoms with E-state index in [1.54, 1.807) is 32.6 Å². The largest absolute Gasteiger partial charge is 0.481 e. The van der Waals surface area contributed by atoms with Crippen molar-refractivity contribution in [1.29, 1.82) is 0 Å². The Hall–Kier alpha value is -1.18. The molecule has 7 nitrogen and oxygen atoms in total. The summed E-state index contributed by atoms with van der Waals surface area (Å²) in [4.78, 5) is 24.3. The molecule has 0 radical (unpaired) electrons. The van der Waals surface area contributed by atoms with E-state index in [0.717, 1.165) is 0 Å². The topological polar surface area (TPSA) is 118 Å². The molecule has 0 aromatic carbocycles. The van der Waals surface area contributed by atoms with Crippen molar-refractivity contribution in [3.05, 3.63) is 0 Å². The van der Waals surface area contributed by atoms with Gasteiger partial charge in [0.15, 0.2) is 0 Å². The zero-order chi connectivity index (χ0) is 17.3. The van der Waals surface area contributed by atoms with Crippen LogP contribution in [0.4, 0.5) is 0 Å². The van der Waals surface area contributed by atoms with Crippen molar-refractivity contribution in [1.82, 2.24) is 4.90 Å². The van der Waals surface area contributed by atoms with Gasteiger partial charge < -0.3 is 20.4 Å². The number of rotatable bonds is 6. The lowest BCUT2D eigenvalue weighted by Crippen LogP contribution is -2.69. The van der Waals surface area contributed by atoms with E-state index < -0.39 is 41.1 Å². The Balaban J connectivity index is 3.23. The fourth-order valence-corrected chi connectivity index (χ4v) is 4.35. The lowest BCUT2D eigenvalue weighted by atomic mass is 9.69. The number of hydrogen-bond donors (Lipinski definition) is 4. The molecule has 0 bridgehead atoms. The van der Waals surface area contributed by atoms with Crippen LogP contribution < -0.4 is 0 Å². The van der Waals surface area contributed by atoms with Crippen LogP contribution in [-0.2, 0) is 9.59 Å². The third-order valence-electron chi connectivity index (χ3n) is 4.37. The number of carbonyl (C=O) groups is 2. The predicted molar refractivity (Wildman–Crippen MR) is 79.6 cm³/mol. The van der Waals surface area contributed by atoms with Crippen molar-refractivity contribution in [2.75, 3.05) is 6.61 Å². The van der Waals surface area contributed by atoms with Crippen molar-refractivity contribution in [3.8, 4) is 0 Å². The number of carboxylic acids is 2. The summed E-state index contributed by atoms with van der Waals surface area (Å²) in [6.07, 6.45) is 0.256. The van der Waals surface area contributed by atoms with Crippen LogP contribution >= 0.6 is 0 Å². The highest BCUT2D eigenvalue weighted by molar-refractivity contribution is 5.80. The van der Waals surface area contributed by atoms with E-state index >= 15 is 0 Å². The number of likely N-dealkylation sites (tertiary alicyclic amines) is 1. The summed E-state index contributed by atoms with van der Waals surface area (Å²) in [5.41, 5.74) is -2.53. The van der Waals surface area contributed by atoms with Crippen LogP contribution in [0.5, 0.6) is 0 Å². The monoisotopic (exact) mass is 317 g/mol. The van der Waals surface area contributed by atoms with Gasteiger partial charge in [-0.05, 0) is 47.0 Å². The second kappa shape index (κ2) is 6.14. The molecule has 128 valence electrons. The quantitative estimate of drug-likeness (QED) is 0.569. The first-order valence-corrected chi connectivity index (χ1v) is 7.42. The molecule has 0 aromatic rings. The van der Waals surface area contributed by atoms with Gasteiger partial charge in [0.25, 0.3) is 0 Å². The second-order valence-corrected chi connectivity index (χ2v) is 7.50. The van der Waals surface area contributed by atoms with Gasteiger partial charge in [0, 0.05) is 17.7 Å². The minimum absolute atomic E-state index is 0.153. The van der Waals surface area contributed by atoms with Gasteiger partial charge in [-0.25, -0.2) is 0 Å². The van der Waals surface area contributed by atoms with Gasteiger partial charge in [0.1, 0.15) is 6.04 Å². The van der Waals surface area contributed by atoms with Crippen molar-refractivity contribution < 1.29 is 30.0 Å². The number of aliphatic carboxylic acids is 2. The Labute approximate surface area is 130 Å². The summed E-state index contributed by atoms with van der Waals surface area (Å²) in [7, 11) is 0. The number of hydrogen-bond acceptors (Lipinski definition) is 5. The normalized spacial score (nSPS) is 24.6. The average Bonchev–Trinajstić information content (AvgIpc) is 2.22. The van der Waals surface area contributed by atoms with Gasteiger partial charge in [-0.15, -0.1) is 0 Å². The maximum Gasteiger partial charge on any atom is 0.321 e. The Morgan fingerprint density at radius 3 is 1.86 bits per heavy atom. The summed E-state index contributed by atoms with van der Waals surface area (Å²) in [5.74, 6) is -2.36. The maximum atomic E-state index is 11.6. The molecule has 0 amide bonds. The maximum absolute atomic E-state index is 11.6. The third-order valence-corrected chi connectivity index (χ3v) is 4.37. The van der Waals surface area contributed by atoms with E-state index in [0.29, 0.717) is 0 Å². The van der Waals surface area contributed by atoms with Gasteiger partial charge in [-0.1, -0.05) is 0 Å². The summed E-state index contributed by atoms with van der Waals surface area (Å²) in [6.45, 7) is 7.05. The highest BCUT2D eigenvalue weighted by Crippen LogP contribution is 2.46. The van der Waals surface area contributed by atoms with Gasteiger partial charge in [-0.2, -0.15) is 0 Å². The molecule has 7 heteroatoms. The zero-order valence-electron chi connectivity index (χ0n) is 13.7. The number of aliphatic hydroxyl groups is 2. The van der Waals surface area contributed by atoms with Crippen LogP contribution in [0.3, 0.4) is 0 Å². The van der Waals surface area contributed by atoms with Gasteiger partial charge in [0.2, 0.25) is 0 Å². The van der Waals surface area contributed by atoms with E-state index in [4.69, 9.17) is 10.2 Å². The molecule has 1 rings (SSSR count). The molecular weight excluding hydrogens is 290 g/mol. The molecule has 1 aliphatic rings. The molecular formula is C15H27NO6. The molecule has 1 aliphatic heterocycles. The highest BCUT2D eigenvalue weighted by Gasteiger charge is 2.55. The van der Waals surface area contributed by atoms with E-state index in [1.807, 2.05) is 0 Å². The minimum Gasteiger partial charge on any atom is -0.481 e. The van der Waals surface area contributed by atoms with Gasteiger partial charge in [-0.3, -0.25) is 14.5 Å². The van der Waals surface area contributed by atoms with E-state index in [2.05, 4.69) is 0 Å². The minimum atomic E-state index is -1.18. The highest BCUT2D eigenvalue weighted by atomic mass is 16.4. The summed E-state index contributed by atoms with van der Waals surface area (Å²) in [6, 6.07) is -1.17. The molecule has 4 N–H and O–H groups in total. The molecule has 22 heavy (non-hydrogen) atoms. The van der Waals surface area contributed by atoms with E-state index in [-0.39, 0.29) is 25.9 Å². The molecule has 1 saturated heterocycles. The third kappa shape index (κ3) is 3.97. The van der Waals surface area contributed by atoms with Crippen LogP contribution in [0, 0.1) is 0 Å². The Morgan fingerprint density at radius 1 is 1.09 bits per heavy atom. The molecule has 0 aliphatic carbocycles. The predicted octanol–water partition coefficient (Wildman–Crippen LogP) is 0.681. The fraction of sp³-hybridized carbons (Fsp3) is 0.867. The number of carboxylic acid groups (broad SMARTS) is 2. The summed E-state index contributed by atoms with van der Waals surface area (Å²) in [5, 5.41) is 38.4. The van der Waals surface area contributed by atoms with Crippen molar-refractivity contribution in [2.24, 2.45) is 0 Å². The molecule has 1 heterocycles. The Bertz CT molecular complexity index is 427. The van der Waals surface area contributed by atoms with Crippen molar-refractivity contribution in [3.63, 3.8) is 0 Å². The standard InChI is InChI=1S/C15H27NO6/c1-13(2)8-15(22,5-6-17)9-14(3,4)16(13)10(12(20)21)7-11(18)19/h10,17,22H,5-9H2,1-4H3,(H,18,19)(H,20,21). The molecule has 1 unspecified atom stereocenters. The molecule has 1 fully saturated rings. The number of aliphatic hydroxyl groups excluding tert-OH is 1. The van der Waals surface area contributed by atoms with E-state index in [1.165, 1.54) is 0 Å². The molecule has 0 saturated carbocycles. The van der Waals surface area contributed by atoms with Gasteiger partial charge in [0.05, 0.1) is 12.0 Å². The van der Waals surface area contributed by atoms with Crippen LogP contribution in [-0.4, -0.2) is 66.6 Å².